The summed E-state index contributed by atoms with van der Waals surface area (Å²) in [6.45, 7) is 5.67. The molecule has 0 aromatic carbocycles. The van der Waals surface area contributed by atoms with Crippen LogP contribution in [0.25, 0.3) is 0 Å². The van der Waals surface area contributed by atoms with Crippen LogP contribution in [0.1, 0.15) is 34.6 Å². The van der Waals surface area contributed by atoms with Crippen molar-refractivity contribution in [2.45, 2.75) is 32.7 Å². The van der Waals surface area contributed by atoms with Crippen molar-refractivity contribution < 1.29 is 4.79 Å². The fourth-order valence-corrected chi connectivity index (χ4v) is 2.44. The quantitative estimate of drug-likeness (QED) is 0.881. The second-order valence-electron chi connectivity index (χ2n) is 5.06. The Morgan fingerprint density at radius 2 is 2.28 bits per heavy atom. The number of nitrogens with zero attached hydrogens (tertiary/aromatic N) is 2. The number of hydrogen-bond acceptors (Lipinski definition) is 3. The van der Waals surface area contributed by atoms with Crippen LogP contribution in [0, 0.1) is 13.8 Å². The van der Waals surface area contributed by atoms with Gasteiger partial charge in [0.1, 0.15) is 0 Å². The lowest BCUT2D eigenvalue weighted by Crippen LogP contribution is -2.38. The normalized spacial score (nSPS) is 18.9. The maximum Gasteiger partial charge on any atom is 0.255 e. The van der Waals surface area contributed by atoms with Crippen LogP contribution in [0.4, 0.5) is 0 Å². The Morgan fingerprint density at radius 3 is 2.89 bits per heavy atom. The summed E-state index contributed by atoms with van der Waals surface area (Å²) < 4.78 is 0. The van der Waals surface area contributed by atoms with Crippen LogP contribution < -0.4 is 5.32 Å². The highest BCUT2D eigenvalue weighted by atomic mass is 16.2. The van der Waals surface area contributed by atoms with Crippen molar-refractivity contribution in [3.05, 3.63) is 29.1 Å². The van der Waals surface area contributed by atoms with E-state index in [4.69, 9.17) is 0 Å². The van der Waals surface area contributed by atoms with Gasteiger partial charge < -0.3 is 10.2 Å². The zero-order valence-corrected chi connectivity index (χ0v) is 11.4. The first kappa shape index (κ1) is 13.0. The SMILES string of the molecule is Cc1ccc(C(=O)N(C)CC2CCCN2)c(C)n1. The molecule has 18 heavy (non-hydrogen) atoms. The minimum absolute atomic E-state index is 0.0636. The number of rotatable bonds is 3. The Kier molecular flexibility index (Phi) is 3.97. The minimum Gasteiger partial charge on any atom is -0.340 e. The summed E-state index contributed by atoms with van der Waals surface area (Å²) in [7, 11) is 1.86. The van der Waals surface area contributed by atoms with Crippen LogP contribution in [0.15, 0.2) is 12.1 Å². The van der Waals surface area contributed by atoms with Gasteiger partial charge in [-0.3, -0.25) is 9.78 Å². The van der Waals surface area contributed by atoms with Gasteiger partial charge >= 0.3 is 0 Å². The van der Waals surface area contributed by atoms with E-state index in [0.29, 0.717) is 11.6 Å². The number of pyridine rings is 1. The van der Waals surface area contributed by atoms with Gasteiger partial charge in [0.15, 0.2) is 0 Å². The summed E-state index contributed by atoms with van der Waals surface area (Å²) in [5.41, 5.74) is 2.47. The summed E-state index contributed by atoms with van der Waals surface area (Å²) >= 11 is 0. The summed E-state index contributed by atoms with van der Waals surface area (Å²) in [5.74, 6) is 0.0636. The Hall–Kier alpha value is -1.42. The highest BCUT2D eigenvalue weighted by Crippen LogP contribution is 2.12. The first-order valence-corrected chi connectivity index (χ1v) is 6.51. The van der Waals surface area contributed by atoms with E-state index in [2.05, 4.69) is 10.3 Å². The molecule has 2 rings (SSSR count). The van der Waals surface area contributed by atoms with Crippen molar-refractivity contribution in [2.24, 2.45) is 0 Å². The van der Waals surface area contributed by atoms with E-state index >= 15 is 0 Å². The molecule has 0 aliphatic carbocycles. The topological polar surface area (TPSA) is 45.2 Å². The maximum absolute atomic E-state index is 12.3. The molecule has 1 aromatic rings. The first-order valence-electron chi connectivity index (χ1n) is 6.51. The fraction of sp³-hybridized carbons (Fsp3) is 0.571. The monoisotopic (exact) mass is 247 g/mol. The van der Waals surface area contributed by atoms with Crippen molar-refractivity contribution >= 4 is 5.91 Å². The Labute approximate surface area is 108 Å². The van der Waals surface area contributed by atoms with Gasteiger partial charge in [-0.25, -0.2) is 0 Å². The average molecular weight is 247 g/mol. The van der Waals surface area contributed by atoms with Crippen molar-refractivity contribution in [2.75, 3.05) is 20.1 Å². The molecule has 0 radical (unpaired) electrons. The number of carbonyl (C=O) groups is 1. The number of nitrogens with one attached hydrogen (secondary N) is 1. The van der Waals surface area contributed by atoms with Gasteiger partial charge in [-0.2, -0.15) is 0 Å². The molecule has 0 saturated carbocycles. The summed E-state index contributed by atoms with van der Waals surface area (Å²) in [5, 5.41) is 3.41. The van der Waals surface area contributed by atoms with Gasteiger partial charge in [0.05, 0.1) is 11.3 Å². The Bertz CT molecular complexity index is 439. The molecule has 1 atom stereocenters. The van der Waals surface area contributed by atoms with Gasteiger partial charge in [0, 0.05) is 25.3 Å². The van der Waals surface area contributed by atoms with E-state index in [1.807, 2.05) is 33.0 Å². The van der Waals surface area contributed by atoms with E-state index in [1.165, 1.54) is 6.42 Å². The molecule has 1 unspecified atom stereocenters. The van der Waals surface area contributed by atoms with E-state index in [9.17, 15) is 4.79 Å². The molecule has 1 aromatic heterocycles. The standard InChI is InChI=1S/C14H21N3O/c1-10-6-7-13(11(2)16-10)14(18)17(3)9-12-5-4-8-15-12/h6-7,12,15H,4-5,8-9H2,1-3H3. The molecule has 0 bridgehead atoms. The molecule has 4 nitrogen and oxygen atoms in total. The maximum atomic E-state index is 12.3. The zero-order chi connectivity index (χ0) is 13.1. The highest BCUT2D eigenvalue weighted by molar-refractivity contribution is 5.95. The minimum atomic E-state index is 0.0636. The molecule has 1 N–H and O–H groups in total. The molecular weight excluding hydrogens is 226 g/mol. The van der Waals surface area contributed by atoms with Crippen molar-refractivity contribution in [3.8, 4) is 0 Å². The molecule has 98 valence electrons. The predicted molar refractivity (Wildman–Crippen MR) is 71.7 cm³/mol. The third-order valence-corrected chi connectivity index (χ3v) is 3.46. The number of aromatic nitrogens is 1. The lowest BCUT2D eigenvalue weighted by atomic mass is 10.1. The second-order valence-corrected chi connectivity index (χ2v) is 5.06. The number of hydrogen-bond donors (Lipinski definition) is 1. The number of aryl methyl sites for hydroxylation is 2. The van der Waals surface area contributed by atoms with Crippen LogP contribution >= 0.6 is 0 Å². The van der Waals surface area contributed by atoms with E-state index in [0.717, 1.165) is 30.9 Å². The number of amides is 1. The van der Waals surface area contributed by atoms with Crippen molar-refractivity contribution in [1.29, 1.82) is 0 Å². The lowest BCUT2D eigenvalue weighted by molar-refractivity contribution is 0.0782. The molecule has 2 heterocycles. The van der Waals surface area contributed by atoms with E-state index in [1.54, 1.807) is 4.90 Å². The van der Waals surface area contributed by atoms with Gasteiger partial charge in [0.25, 0.3) is 5.91 Å². The molecule has 1 saturated heterocycles. The third-order valence-electron chi connectivity index (χ3n) is 3.46. The highest BCUT2D eigenvalue weighted by Gasteiger charge is 2.20. The third kappa shape index (κ3) is 2.88. The molecule has 0 spiro atoms. The van der Waals surface area contributed by atoms with Gasteiger partial charge in [-0.15, -0.1) is 0 Å². The predicted octanol–water partition coefficient (Wildman–Crippen LogP) is 1.52. The van der Waals surface area contributed by atoms with Gasteiger partial charge in [-0.1, -0.05) is 0 Å². The number of likely N-dealkylation sites (N-methyl/N-ethyl adjacent to an activating group) is 1. The first-order chi connectivity index (χ1) is 8.58. The van der Waals surface area contributed by atoms with Gasteiger partial charge in [-0.05, 0) is 45.4 Å². The van der Waals surface area contributed by atoms with E-state index < -0.39 is 0 Å². The number of carbonyl (C=O) groups excluding carboxylic acids is 1. The van der Waals surface area contributed by atoms with Crippen LogP contribution in [0.2, 0.25) is 0 Å². The lowest BCUT2D eigenvalue weighted by Gasteiger charge is -2.22. The largest absolute Gasteiger partial charge is 0.340 e. The van der Waals surface area contributed by atoms with Crippen LogP contribution in [0.5, 0.6) is 0 Å². The smallest absolute Gasteiger partial charge is 0.255 e. The van der Waals surface area contributed by atoms with Crippen LogP contribution in [-0.2, 0) is 0 Å². The Balaban J connectivity index is 2.05. The summed E-state index contributed by atoms with van der Waals surface area (Å²) in [4.78, 5) is 18.5. The summed E-state index contributed by atoms with van der Waals surface area (Å²) in [6, 6.07) is 4.21. The fourth-order valence-electron chi connectivity index (χ4n) is 2.44. The molecule has 1 fully saturated rings. The zero-order valence-electron chi connectivity index (χ0n) is 11.4. The second kappa shape index (κ2) is 5.48. The molecule has 1 aliphatic heterocycles. The van der Waals surface area contributed by atoms with Gasteiger partial charge in [0.2, 0.25) is 0 Å². The molecular formula is C14H21N3O. The van der Waals surface area contributed by atoms with Crippen LogP contribution in [-0.4, -0.2) is 42.0 Å². The van der Waals surface area contributed by atoms with Crippen molar-refractivity contribution in [3.63, 3.8) is 0 Å². The average Bonchev–Trinajstić information content (AvgIpc) is 2.81. The van der Waals surface area contributed by atoms with Crippen molar-refractivity contribution in [1.82, 2.24) is 15.2 Å². The molecule has 4 heteroatoms. The van der Waals surface area contributed by atoms with Crippen LogP contribution in [0.3, 0.4) is 0 Å². The molecule has 1 aliphatic rings. The van der Waals surface area contributed by atoms with E-state index in [-0.39, 0.29) is 5.91 Å². The molecule has 1 amide bonds. The summed E-state index contributed by atoms with van der Waals surface area (Å²) in [6.07, 6.45) is 2.36. The Morgan fingerprint density at radius 1 is 1.50 bits per heavy atom.